The number of nitrogens with one attached hydrogen (secondary N) is 1. The number of hydrogen-bond donors (Lipinski definition) is 1. The molecule has 5 heteroatoms. The summed E-state index contributed by atoms with van der Waals surface area (Å²) in [6.07, 6.45) is 4.90. The topological polar surface area (TPSA) is 54.2 Å². The summed E-state index contributed by atoms with van der Waals surface area (Å²) in [5, 5.41) is 11.5. The van der Waals surface area contributed by atoms with Crippen LogP contribution < -0.4 is 10.2 Å². The molecule has 0 radical (unpaired) electrons. The fraction of sp³-hybridized carbons (Fsp3) is 0.846. The third-order valence-electron chi connectivity index (χ3n) is 3.53. The van der Waals surface area contributed by atoms with Gasteiger partial charge in [0.1, 0.15) is 0 Å². The van der Waals surface area contributed by atoms with Crippen LogP contribution in [0.2, 0.25) is 0 Å². The van der Waals surface area contributed by atoms with Crippen molar-refractivity contribution in [1.29, 1.82) is 0 Å². The monoisotopic (exact) mass is 252 g/mol. The van der Waals surface area contributed by atoms with Crippen LogP contribution in [0.3, 0.4) is 0 Å². The summed E-state index contributed by atoms with van der Waals surface area (Å²) in [5.41, 5.74) is 0. The first-order valence-electron chi connectivity index (χ1n) is 7.11. The Hall–Kier alpha value is -1.10. The minimum absolute atomic E-state index is 0.673. The van der Waals surface area contributed by atoms with Gasteiger partial charge in [-0.15, -0.1) is 5.10 Å². The molecule has 0 amide bonds. The van der Waals surface area contributed by atoms with E-state index in [9.17, 15) is 0 Å². The van der Waals surface area contributed by atoms with Crippen molar-refractivity contribution in [3.63, 3.8) is 0 Å². The Kier molecular flexibility index (Phi) is 4.99. The van der Waals surface area contributed by atoms with Gasteiger partial charge in [-0.25, -0.2) is 0 Å². The van der Waals surface area contributed by atoms with Crippen LogP contribution in [0.1, 0.15) is 45.4 Å². The minimum atomic E-state index is 0.673. The van der Waals surface area contributed by atoms with Gasteiger partial charge in [-0.1, -0.05) is 25.4 Å². The molecule has 0 spiro atoms. The molecular formula is C13H24N4O. The summed E-state index contributed by atoms with van der Waals surface area (Å²) in [6, 6.07) is 0.696. The molecule has 1 aliphatic rings. The van der Waals surface area contributed by atoms with E-state index in [1.807, 2.05) is 0 Å². The summed E-state index contributed by atoms with van der Waals surface area (Å²) in [4.78, 5) is 2.23. The van der Waals surface area contributed by atoms with Gasteiger partial charge in [0.05, 0.1) is 6.54 Å². The van der Waals surface area contributed by atoms with Crippen molar-refractivity contribution in [1.82, 2.24) is 15.5 Å². The predicted octanol–water partition coefficient (Wildman–Crippen LogP) is 2.20. The first kappa shape index (κ1) is 13.3. The molecule has 0 aromatic carbocycles. The lowest BCUT2D eigenvalue weighted by atomic mass is 9.96. The van der Waals surface area contributed by atoms with Crippen LogP contribution in [-0.4, -0.2) is 29.8 Å². The molecule has 1 unspecified atom stereocenters. The number of hydrogen-bond acceptors (Lipinski definition) is 5. The molecule has 0 bridgehead atoms. The standard InChI is InChI=1S/C13H24N4O/c1-3-7-14-9-12-15-16-13(18-12)17-8-5-6-11(4-2)10-17/h11,14H,3-10H2,1-2H3. The Bertz CT molecular complexity index is 353. The van der Waals surface area contributed by atoms with Gasteiger partial charge >= 0.3 is 6.01 Å². The molecule has 1 aromatic heterocycles. The molecule has 2 rings (SSSR count). The van der Waals surface area contributed by atoms with Crippen LogP contribution in [0.25, 0.3) is 0 Å². The quantitative estimate of drug-likeness (QED) is 0.787. The maximum Gasteiger partial charge on any atom is 0.318 e. The highest BCUT2D eigenvalue weighted by atomic mass is 16.4. The highest BCUT2D eigenvalue weighted by Crippen LogP contribution is 2.23. The summed E-state index contributed by atoms with van der Waals surface area (Å²) in [7, 11) is 0. The summed E-state index contributed by atoms with van der Waals surface area (Å²) < 4.78 is 5.70. The van der Waals surface area contributed by atoms with E-state index in [4.69, 9.17) is 4.42 Å². The van der Waals surface area contributed by atoms with Crippen LogP contribution in [-0.2, 0) is 6.54 Å². The first-order valence-corrected chi connectivity index (χ1v) is 7.11. The number of aromatic nitrogens is 2. The minimum Gasteiger partial charge on any atom is -0.407 e. The largest absolute Gasteiger partial charge is 0.407 e. The van der Waals surface area contributed by atoms with Crippen molar-refractivity contribution in [2.75, 3.05) is 24.5 Å². The Morgan fingerprint density at radius 1 is 1.39 bits per heavy atom. The lowest BCUT2D eigenvalue weighted by Gasteiger charge is -2.30. The van der Waals surface area contributed by atoms with Crippen molar-refractivity contribution in [2.24, 2.45) is 5.92 Å². The Morgan fingerprint density at radius 2 is 2.28 bits per heavy atom. The molecule has 1 N–H and O–H groups in total. The van der Waals surface area contributed by atoms with Crippen LogP contribution in [0, 0.1) is 5.92 Å². The molecule has 1 aromatic rings. The molecule has 18 heavy (non-hydrogen) atoms. The lowest BCUT2D eigenvalue weighted by molar-refractivity contribution is 0.377. The van der Waals surface area contributed by atoms with Crippen LogP contribution in [0.5, 0.6) is 0 Å². The third-order valence-corrected chi connectivity index (χ3v) is 3.53. The fourth-order valence-corrected chi connectivity index (χ4v) is 2.39. The average Bonchev–Trinajstić information content (AvgIpc) is 2.88. The van der Waals surface area contributed by atoms with Gasteiger partial charge in [-0.3, -0.25) is 0 Å². The second-order valence-corrected chi connectivity index (χ2v) is 5.02. The number of nitrogens with zero attached hydrogens (tertiary/aromatic N) is 3. The molecule has 0 saturated carbocycles. The van der Waals surface area contributed by atoms with Crippen LogP contribution in [0.15, 0.2) is 4.42 Å². The van der Waals surface area contributed by atoms with E-state index in [2.05, 4.69) is 34.3 Å². The molecule has 0 aliphatic carbocycles. The Balaban J connectivity index is 1.88. The number of anilines is 1. The highest BCUT2D eigenvalue weighted by molar-refractivity contribution is 5.25. The van der Waals surface area contributed by atoms with Gasteiger partial charge in [0.25, 0.3) is 0 Å². The molecule has 1 aliphatic heterocycles. The Morgan fingerprint density at radius 3 is 3.06 bits per heavy atom. The molecule has 2 heterocycles. The Labute approximate surface area is 109 Å². The van der Waals surface area contributed by atoms with E-state index >= 15 is 0 Å². The zero-order valence-electron chi connectivity index (χ0n) is 11.5. The highest BCUT2D eigenvalue weighted by Gasteiger charge is 2.22. The van der Waals surface area contributed by atoms with Gasteiger partial charge in [0.2, 0.25) is 5.89 Å². The fourth-order valence-electron chi connectivity index (χ4n) is 2.39. The SMILES string of the molecule is CCCNCc1nnc(N2CCCC(CC)C2)o1. The molecule has 1 atom stereocenters. The molecule has 1 fully saturated rings. The smallest absolute Gasteiger partial charge is 0.318 e. The average molecular weight is 252 g/mol. The molecule has 5 nitrogen and oxygen atoms in total. The van der Waals surface area contributed by atoms with Crippen LogP contribution >= 0.6 is 0 Å². The van der Waals surface area contributed by atoms with E-state index in [0.717, 1.165) is 32.0 Å². The zero-order chi connectivity index (χ0) is 12.8. The van der Waals surface area contributed by atoms with Crippen LogP contribution in [0.4, 0.5) is 6.01 Å². The maximum absolute atomic E-state index is 5.70. The third kappa shape index (κ3) is 3.45. The van der Waals surface area contributed by atoms with E-state index < -0.39 is 0 Å². The van der Waals surface area contributed by atoms with E-state index in [-0.39, 0.29) is 0 Å². The molecule has 102 valence electrons. The van der Waals surface area contributed by atoms with Gasteiger partial charge in [0, 0.05) is 13.1 Å². The lowest BCUT2D eigenvalue weighted by Crippen LogP contribution is -2.35. The number of piperidine rings is 1. The van der Waals surface area contributed by atoms with Crippen molar-refractivity contribution >= 4 is 6.01 Å². The van der Waals surface area contributed by atoms with Gasteiger partial charge < -0.3 is 14.6 Å². The maximum atomic E-state index is 5.70. The normalized spacial score (nSPS) is 20.3. The van der Waals surface area contributed by atoms with E-state index in [0.29, 0.717) is 18.5 Å². The van der Waals surface area contributed by atoms with E-state index in [1.54, 1.807) is 0 Å². The second-order valence-electron chi connectivity index (χ2n) is 5.02. The van der Waals surface area contributed by atoms with Crippen molar-refractivity contribution in [3.8, 4) is 0 Å². The van der Waals surface area contributed by atoms with Gasteiger partial charge in [-0.2, -0.15) is 0 Å². The van der Waals surface area contributed by atoms with Gasteiger partial charge in [-0.05, 0) is 31.7 Å². The van der Waals surface area contributed by atoms with Gasteiger partial charge in [0.15, 0.2) is 0 Å². The zero-order valence-corrected chi connectivity index (χ0v) is 11.5. The van der Waals surface area contributed by atoms with Crippen molar-refractivity contribution in [2.45, 2.75) is 46.1 Å². The predicted molar refractivity (Wildman–Crippen MR) is 71.5 cm³/mol. The molecule has 1 saturated heterocycles. The molecular weight excluding hydrogens is 228 g/mol. The summed E-state index contributed by atoms with van der Waals surface area (Å²) >= 11 is 0. The van der Waals surface area contributed by atoms with Crippen molar-refractivity contribution < 1.29 is 4.42 Å². The second kappa shape index (κ2) is 6.73. The summed E-state index contributed by atoms with van der Waals surface area (Å²) in [5.74, 6) is 1.46. The number of rotatable bonds is 6. The summed E-state index contributed by atoms with van der Waals surface area (Å²) in [6.45, 7) is 8.15. The van der Waals surface area contributed by atoms with E-state index in [1.165, 1.54) is 19.3 Å². The van der Waals surface area contributed by atoms with Crippen molar-refractivity contribution in [3.05, 3.63) is 5.89 Å². The first-order chi connectivity index (χ1) is 8.83.